The Morgan fingerprint density at radius 2 is 1.94 bits per heavy atom. The van der Waals surface area contributed by atoms with Crippen molar-refractivity contribution < 1.29 is 22.7 Å². The summed E-state index contributed by atoms with van der Waals surface area (Å²) < 4.78 is 46.5. The molecule has 2 heterocycles. The van der Waals surface area contributed by atoms with Crippen molar-refractivity contribution >= 4 is 23.4 Å². The summed E-state index contributed by atoms with van der Waals surface area (Å²) in [7, 11) is 0. The van der Waals surface area contributed by atoms with E-state index in [9.17, 15) is 18.0 Å². The minimum atomic E-state index is -4.50. The van der Waals surface area contributed by atoms with Crippen LogP contribution in [-0.2, 0) is 17.4 Å². The van der Waals surface area contributed by atoms with Crippen molar-refractivity contribution in [3.8, 4) is 5.75 Å². The van der Waals surface area contributed by atoms with Gasteiger partial charge in [-0.15, -0.1) is 10.2 Å². The first kappa shape index (κ1) is 23.0. The number of aryl methyl sites for hydroxylation is 1. The van der Waals surface area contributed by atoms with Crippen LogP contribution in [0.1, 0.15) is 36.8 Å². The molecule has 0 saturated heterocycles. The third kappa shape index (κ3) is 4.92. The van der Waals surface area contributed by atoms with E-state index in [1.165, 1.54) is 23.9 Å². The standard InChI is InChI=1S/C22H22F3N5O2S/c1-3-17-27-28-21-30(17)29-18(13-8-10-16(11-9-13)32-4-2)19(33-21)20(31)26-15-7-5-6-14(12-15)22(23,24)25/h5-12,18-19,29H,3-4H2,1-2H3,(H,26,31)/t18-,19-/m1/s1. The molecule has 33 heavy (non-hydrogen) atoms. The van der Waals surface area contributed by atoms with Gasteiger partial charge in [0.1, 0.15) is 11.0 Å². The van der Waals surface area contributed by atoms with E-state index in [-0.39, 0.29) is 5.69 Å². The first-order valence-electron chi connectivity index (χ1n) is 10.4. The molecular formula is C22H22F3N5O2S. The number of ether oxygens (including phenoxy) is 1. The normalized spacial score (nSPS) is 17.7. The van der Waals surface area contributed by atoms with E-state index in [2.05, 4.69) is 20.9 Å². The van der Waals surface area contributed by atoms with Gasteiger partial charge in [-0.05, 0) is 42.8 Å². The van der Waals surface area contributed by atoms with Gasteiger partial charge >= 0.3 is 6.18 Å². The maximum atomic E-state index is 13.2. The highest BCUT2D eigenvalue weighted by molar-refractivity contribution is 8.00. The Bertz CT molecular complexity index is 1130. The van der Waals surface area contributed by atoms with E-state index in [0.717, 1.165) is 17.7 Å². The van der Waals surface area contributed by atoms with Gasteiger partial charge in [0, 0.05) is 12.1 Å². The van der Waals surface area contributed by atoms with Gasteiger partial charge in [0.15, 0.2) is 5.82 Å². The molecule has 4 rings (SSSR count). The number of carbonyl (C=O) groups excluding carboxylic acids is 1. The Balaban J connectivity index is 1.64. The molecule has 0 aliphatic carbocycles. The number of nitrogens with one attached hydrogen (secondary N) is 2. The molecule has 0 spiro atoms. The molecule has 3 aromatic rings. The third-order valence-corrected chi connectivity index (χ3v) is 6.30. The lowest BCUT2D eigenvalue weighted by molar-refractivity contribution is -0.137. The Hall–Kier alpha value is -3.21. The molecule has 1 aromatic heterocycles. The number of anilines is 1. The van der Waals surface area contributed by atoms with Crippen LogP contribution >= 0.6 is 11.8 Å². The monoisotopic (exact) mass is 477 g/mol. The predicted octanol–water partition coefficient (Wildman–Crippen LogP) is 4.66. The number of alkyl halides is 3. The Morgan fingerprint density at radius 3 is 2.61 bits per heavy atom. The van der Waals surface area contributed by atoms with Crippen LogP contribution in [0.2, 0.25) is 0 Å². The molecule has 0 unspecified atom stereocenters. The summed E-state index contributed by atoms with van der Waals surface area (Å²) in [5.41, 5.74) is 3.36. The zero-order valence-corrected chi connectivity index (χ0v) is 18.7. The number of hydrogen-bond acceptors (Lipinski definition) is 6. The fourth-order valence-electron chi connectivity index (χ4n) is 3.50. The lowest BCUT2D eigenvalue weighted by Gasteiger charge is -2.33. The van der Waals surface area contributed by atoms with E-state index in [1.807, 2.05) is 38.1 Å². The summed E-state index contributed by atoms with van der Waals surface area (Å²) in [6.45, 7) is 4.37. The SMILES string of the molecule is CCOc1ccc([C@H]2Nn3c(CC)nnc3S[C@H]2C(=O)Nc2cccc(C(F)(F)F)c2)cc1. The second kappa shape index (κ2) is 9.34. The van der Waals surface area contributed by atoms with Gasteiger partial charge in [-0.2, -0.15) is 13.2 Å². The van der Waals surface area contributed by atoms with E-state index in [4.69, 9.17) is 4.74 Å². The Morgan fingerprint density at radius 1 is 1.18 bits per heavy atom. The van der Waals surface area contributed by atoms with Crippen molar-refractivity contribution in [2.24, 2.45) is 0 Å². The number of fused-ring (bicyclic) bond motifs is 1. The van der Waals surface area contributed by atoms with Gasteiger partial charge in [0.25, 0.3) is 0 Å². The van der Waals surface area contributed by atoms with Gasteiger partial charge < -0.3 is 15.5 Å². The summed E-state index contributed by atoms with van der Waals surface area (Å²) in [6.07, 6.45) is -3.86. The number of hydrogen-bond donors (Lipinski definition) is 2. The quantitative estimate of drug-likeness (QED) is 0.538. The first-order chi connectivity index (χ1) is 15.8. The Labute approximate surface area is 192 Å². The second-order valence-electron chi connectivity index (χ2n) is 7.30. The maximum Gasteiger partial charge on any atom is 0.416 e. The number of nitrogens with zero attached hydrogens (tertiary/aromatic N) is 3. The van der Waals surface area contributed by atoms with Crippen molar-refractivity contribution in [1.82, 2.24) is 14.9 Å². The molecule has 7 nitrogen and oxygen atoms in total. The molecule has 1 aliphatic rings. The molecule has 11 heteroatoms. The average Bonchev–Trinajstić information content (AvgIpc) is 3.21. The molecule has 2 aromatic carbocycles. The van der Waals surface area contributed by atoms with Crippen LogP contribution in [0.5, 0.6) is 5.75 Å². The fourth-order valence-corrected chi connectivity index (χ4v) is 4.60. The van der Waals surface area contributed by atoms with E-state index in [1.54, 1.807) is 4.68 Å². The van der Waals surface area contributed by atoms with Gasteiger partial charge in [0.05, 0.1) is 18.2 Å². The number of benzene rings is 2. The highest BCUT2D eigenvalue weighted by atomic mass is 32.2. The largest absolute Gasteiger partial charge is 0.494 e. The molecule has 0 bridgehead atoms. The molecule has 2 N–H and O–H groups in total. The molecule has 1 amide bonds. The van der Waals surface area contributed by atoms with Gasteiger partial charge in [-0.25, -0.2) is 4.68 Å². The van der Waals surface area contributed by atoms with Gasteiger partial charge in [-0.1, -0.05) is 36.9 Å². The summed E-state index contributed by atoms with van der Waals surface area (Å²) in [5, 5.41) is 10.7. The zero-order valence-electron chi connectivity index (χ0n) is 17.9. The third-order valence-electron chi connectivity index (χ3n) is 5.09. The highest BCUT2D eigenvalue weighted by Crippen LogP contribution is 2.38. The van der Waals surface area contributed by atoms with Crippen molar-refractivity contribution in [2.75, 3.05) is 17.3 Å². The second-order valence-corrected chi connectivity index (χ2v) is 8.41. The summed E-state index contributed by atoms with van der Waals surface area (Å²) in [4.78, 5) is 13.2. The van der Waals surface area contributed by atoms with Gasteiger partial charge in [-0.3, -0.25) is 4.79 Å². The molecule has 0 fully saturated rings. The van der Waals surface area contributed by atoms with E-state index >= 15 is 0 Å². The van der Waals surface area contributed by atoms with Crippen LogP contribution in [0.3, 0.4) is 0 Å². The minimum Gasteiger partial charge on any atom is -0.494 e. The maximum absolute atomic E-state index is 13.2. The number of aromatic nitrogens is 3. The van der Waals surface area contributed by atoms with Crippen LogP contribution in [0.15, 0.2) is 53.7 Å². The average molecular weight is 478 g/mol. The minimum absolute atomic E-state index is 0.0714. The number of carbonyl (C=O) groups is 1. The number of halogens is 3. The van der Waals surface area contributed by atoms with Crippen molar-refractivity contribution in [3.63, 3.8) is 0 Å². The predicted molar refractivity (Wildman–Crippen MR) is 119 cm³/mol. The van der Waals surface area contributed by atoms with Crippen molar-refractivity contribution in [3.05, 3.63) is 65.5 Å². The van der Waals surface area contributed by atoms with Crippen LogP contribution < -0.4 is 15.5 Å². The lowest BCUT2D eigenvalue weighted by Crippen LogP contribution is -2.41. The molecule has 0 saturated carbocycles. The molecule has 174 valence electrons. The Kier molecular flexibility index (Phi) is 6.50. The van der Waals surface area contributed by atoms with E-state index < -0.39 is 28.9 Å². The van der Waals surface area contributed by atoms with Gasteiger partial charge in [0.2, 0.25) is 11.1 Å². The zero-order chi connectivity index (χ0) is 23.6. The topological polar surface area (TPSA) is 81.1 Å². The molecule has 1 aliphatic heterocycles. The van der Waals surface area contributed by atoms with E-state index in [0.29, 0.717) is 29.8 Å². The summed E-state index contributed by atoms with van der Waals surface area (Å²) in [6, 6.07) is 11.4. The van der Waals surface area contributed by atoms with Crippen LogP contribution in [0.25, 0.3) is 0 Å². The summed E-state index contributed by atoms with van der Waals surface area (Å²) >= 11 is 1.21. The number of rotatable bonds is 6. The number of amides is 1. The van der Waals surface area contributed by atoms with Crippen molar-refractivity contribution in [2.45, 2.75) is 42.9 Å². The van der Waals surface area contributed by atoms with Crippen LogP contribution in [-0.4, -0.2) is 32.6 Å². The van der Waals surface area contributed by atoms with Crippen LogP contribution in [0.4, 0.5) is 18.9 Å². The lowest BCUT2D eigenvalue weighted by atomic mass is 10.0. The molecule has 0 radical (unpaired) electrons. The van der Waals surface area contributed by atoms with Crippen LogP contribution in [0, 0.1) is 0 Å². The smallest absolute Gasteiger partial charge is 0.416 e. The molecule has 2 atom stereocenters. The van der Waals surface area contributed by atoms with Crippen molar-refractivity contribution in [1.29, 1.82) is 0 Å². The first-order valence-corrected chi connectivity index (χ1v) is 11.3. The highest BCUT2D eigenvalue weighted by Gasteiger charge is 2.38. The number of thioether (sulfide) groups is 1. The fraction of sp³-hybridized carbons (Fsp3) is 0.318. The summed E-state index contributed by atoms with van der Waals surface area (Å²) in [5.74, 6) is 0.970. The molecular weight excluding hydrogens is 455 g/mol.